The van der Waals surface area contributed by atoms with Crippen LogP contribution in [0, 0.1) is 18.8 Å². The summed E-state index contributed by atoms with van der Waals surface area (Å²) in [6.45, 7) is 5.42. The zero-order valence-electron chi connectivity index (χ0n) is 5.44. The highest BCUT2D eigenvalue weighted by Crippen LogP contribution is 1.82. The van der Waals surface area contributed by atoms with E-state index in [1.54, 1.807) is 6.92 Å². The Balaban J connectivity index is 3.35. The lowest BCUT2D eigenvalue weighted by Crippen LogP contribution is -2.01. The van der Waals surface area contributed by atoms with E-state index >= 15 is 0 Å². The van der Waals surface area contributed by atoms with Crippen molar-refractivity contribution in [3.63, 3.8) is 0 Å². The van der Waals surface area contributed by atoms with Gasteiger partial charge < -0.3 is 4.74 Å². The van der Waals surface area contributed by atoms with Crippen molar-refractivity contribution >= 4 is 5.97 Å². The molecule has 9 heavy (non-hydrogen) atoms. The summed E-state index contributed by atoms with van der Waals surface area (Å²) in [6.07, 6.45) is 0.150. The molecule has 0 fully saturated rings. The summed E-state index contributed by atoms with van der Waals surface area (Å²) in [5.74, 6) is 4.57. The third kappa shape index (κ3) is 4.89. The lowest BCUT2D eigenvalue weighted by atomic mass is 10.4. The molecule has 0 spiro atoms. The van der Waals surface area contributed by atoms with Crippen LogP contribution in [0.1, 0.15) is 13.3 Å². The zero-order chi connectivity index (χ0) is 7.11. The molecule has 0 aliphatic carbocycles. The molecule has 0 atom stereocenters. The van der Waals surface area contributed by atoms with Crippen LogP contribution in [0.2, 0.25) is 0 Å². The van der Waals surface area contributed by atoms with Crippen LogP contribution in [0.25, 0.3) is 0 Å². The van der Waals surface area contributed by atoms with Gasteiger partial charge in [0.2, 0.25) is 0 Å². The summed E-state index contributed by atoms with van der Waals surface area (Å²) in [5.41, 5.74) is 0. The molecular formula is C7H9O2. The van der Waals surface area contributed by atoms with Crippen molar-refractivity contribution in [3.05, 3.63) is 6.92 Å². The van der Waals surface area contributed by atoms with Gasteiger partial charge in [0, 0.05) is 6.92 Å². The topological polar surface area (TPSA) is 26.3 Å². The molecule has 0 aliphatic rings. The second kappa shape index (κ2) is 5.17. The summed E-state index contributed by atoms with van der Waals surface area (Å²) in [4.78, 5) is 10.4. The standard InChI is InChI=1S/C7H9O2/c1-3-5-6-7(8)9-4-2/h1,4,6H2,2H3. The Bertz CT molecular complexity index is 139. The SMILES string of the molecule is [CH2]C#CCC(=O)OCC. The number of carbonyl (C=O) groups excluding carboxylic acids is 1. The fourth-order valence-corrected chi connectivity index (χ4v) is 0.347. The van der Waals surface area contributed by atoms with E-state index < -0.39 is 0 Å². The lowest BCUT2D eigenvalue weighted by molar-refractivity contribution is -0.141. The van der Waals surface area contributed by atoms with Crippen molar-refractivity contribution in [1.82, 2.24) is 0 Å². The lowest BCUT2D eigenvalue weighted by Gasteiger charge is -1.93. The highest BCUT2D eigenvalue weighted by atomic mass is 16.5. The number of rotatable bonds is 2. The fourth-order valence-electron chi connectivity index (χ4n) is 0.347. The Morgan fingerprint density at radius 1 is 1.78 bits per heavy atom. The maximum atomic E-state index is 10.4. The Kier molecular flexibility index (Phi) is 4.61. The van der Waals surface area contributed by atoms with Gasteiger partial charge in [-0.2, -0.15) is 0 Å². The molecule has 0 unspecified atom stereocenters. The molecule has 1 radical (unpaired) electrons. The van der Waals surface area contributed by atoms with Gasteiger partial charge in [-0.3, -0.25) is 4.79 Å². The van der Waals surface area contributed by atoms with Crippen molar-refractivity contribution in [2.24, 2.45) is 0 Å². The van der Waals surface area contributed by atoms with Crippen LogP contribution < -0.4 is 0 Å². The molecule has 2 nitrogen and oxygen atoms in total. The predicted molar refractivity (Wildman–Crippen MR) is 34.4 cm³/mol. The Labute approximate surface area is 55.2 Å². The van der Waals surface area contributed by atoms with Gasteiger partial charge in [0.25, 0.3) is 0 Å². The third-order valence-electron chi connectivity index (χ3n) is 0.663. The minimum absolute atomic E-state index is 0.150. The average Bonchev–Trinajstić information content (AvgIpc) is 1.85. The normalized spacial score (nSPS) is 7.33. The third-order valence-corrected chi connectivity index (χ3v) is 0.663. The van der Waals surface area contributed by atoms with E-state index in [4.69, 9.17) is 0 Å². The monoisotopic (exact) mass is 125 g/mol. The van der Waals surface area contributed by atoms with Gasteiger partial charge in [0.1, 0.15) is 6.42 Å². The molecule has 0 aromatic rings. The van der Waals surface area contributed by atoms with Crippen LogP contribution in [0.4, 0.5) is 0 Å². The maximum absolute atomic E-state index is 10.4. The van der Waals surface area contributed by atoms with Crippen LogP contribution in [0.3, 0.4) is 0 Å². The number of esters is 1. The summed E-state index contributed by atoms with van der Waals surface area (Å²) in [7, 11) is 0. The van der Waals surface area contributed by atoms with Gasteiger partial charge in [-0.25, -0.2) is 0 Å². The van der Waals surface area contributed by atoms with Gasteiger partial charge in [-0.05, 0) is 6.92 Å². The first-order chi connectivity index (χ1) is 4.31. The minimum Gasteiger partial charge on any atom is -0.465 e. The van der Waals surface area contributed by atoms with E-state index in [0.717, 1.165) is 0 Å². The summed E-state index contributed by atoms with van der Waals surface area (Å²) in [6, 6.07) is 0. The van der Waals surface area contributed by atoms with Gasteiger partial charge in [-0.15, -0.1) is 5.92 Å². The molecule has 0 saturated heterocycles. The molecule has 0 heterocycles. The van der Waals surface area contributed by atoms with E-state index in [1.807, 2.05) is 0 Å². The van der Waals surface area contributed by atoms with Gasteiger partial charge in [0.05, 0.1) is 6.61 Å². The highest BCUT2D eigenvalue weighted by Gasteiger charge is 1.94. The smallest absolute Gasteiger partial charge is 0.317 e. The Morgan fingerprint density at radius 2 is 2.44 bits per heavy atom. The van der Waals surface area contributed by atoms with Crippen LogP contribution in [-0.4, -0.2) is 12.6 Å². The molecule has 0 aromatic carbocycles. The number of hydrogen-bond donors (Lipinski definition) is 0. The van der Waals surface area contributed by atoms with E-state index in [1.165, 1.54) is 0 Å². The van der Waals surface area contributed by atoms with E-state index in [2.05, 4.69) is 23.5 Å². The van der Waals surface area contributed by atoms with Gasteiger partial charge in [-0.1, -0.05) is 5.92 Å². The van der Waals surface area contributed by atoms with Crippen molar-refractivity contribution in [3.8, 4) is 11.8 Å². The first-order valence-electron chi connectivity index (χ1n) is 2.71. The van der Waals surface area contributed by atoms with Crippen molar-refractivity contribution in [2.75, 3.05) is 6.61 Å². The Hall–Kier alpha value is -0.970. The summed E-state index contributed by atoms with van der Waals surface area (Å²) in [5, 5.41) is 0. The predicted octanol–water partition coefficient (Wildman–Crippen LogP) is 0.777. The Morgan fingerprint density at radius 3 is 2.89 bits per heavy atom. The molecule has 2 heteroatoms. The largest absolute Gasteiger partial charge is 0.465 e. The molecule has 49 valence electrons. The first-order valence-corrected chi connectivity index (χ1v) is 2.71. The summed E-state index contributed by atoms with van der Waals surface area (Å²) >= 11 is 0. The van der Waals surface area contributed by atoms with Crippen LogP contribution in [-0.2, 0) is 9.53 Å². The van der Waals surface area contributed by atoms with E-state index in [-0.39, 0.29) is 12.4 Å². The molecule has 0 aromatic heterocycles. The second-order valence-electron chi connectivity index (χ2n) is 1.34. The molecular weight excluding hydrogens is 116 g/mol. The van der Waals surface area contributed by atoms with E-state index in [9.17, 15) is 4.79 Å². The minimum atomic E-state index is -0.284. The van der Waals surface area contributed by atoms with Crippen LogP contribution in [0.15, 0.2) is 0 Å². The number of carbonyl (C=O) groups is 1. The van der Waals surface area contributed by atoms with Gasteiger partial charge >= 0.3 is 5.97 Å². The first kappa shape index (κ1) is 8.03. The molecule has 0 amide bonds. The number of ether oxygens (including phenoxy) is 1. The summed E-state index contributed by atoms with van der Waals surface area (Å²) < 4.78 is 4.57. The maximum Gasteiger partial charge on any atom is 0.317 e. The quantitative estimate of drug-likeness (QED) is 0.402. The average molecular weight is 125 g/mol. The van der Waals surface area contributed by atoms with Crippen molar-refractivity contribution < 1.29 is 9.53 Å². The molecule has 0 N–H and O–H groups in total. The molecule has 0 rings (SSSR count). The number of hydrogen-bond acceptors (Lipinski definition) is 2. The van der Waals surface area contributed by atoms with Crippen molar-refractivity contribution in [2.45, 2.75) is 13.3 Å². The molecule has 0 aliphatic heterocycles. The van der Waals surface area contributed by atoms with Crippen LogP contribution in [0.5, 0.6) is 0 Å². The zero-order valence-corrected chi connectivity index (χ0v) is 5.44. The highest BCUT2D eigenvalue weighted by molar-refractivity contribution is 5.72. The molecule has 0 bridgehead atoms. The van der Waals surface area contributed by atoms with Crippen molar-refractivity contribution in [1.29, 1.82) is 0 Å². The fraction of sp³-hybridized carbons (Fsp3) is 0.429. The van der Waals surface area contributed by atoms with Crippen LogP contribution >= 0.6 is 0 Å². The van der Waals surface area contributed by atoms with E-state index in [0.29, 0.717) is 6.61 Å². The molecule has 0 saturated carbocycles. The second-order valence-corrected chi connectivity index (χ2v) is 1.34. The van der Waals surface area contributed by atoms with Gasteiger partial charge in [0.15, 0.2) is 0 Å².